The molecule has 1 aliphatic heterocycles. The predicted octanol–water partition coefficient (Wildman–Crippen LogP) is 0.945. The van der Waals surface area contributed by atoms with E-state index in [1.54, 1.807) is 23.7 Å². The standard InChI is InChI=1S/C15H19N5O3S/c1-2-13(21)10-3-5-12(14(7-10)24(16,22)23)19-11-4-6-15-17-9-18-20(15)8-11/h3,5,7,9,11,19H,2,4,6,8H2,1H3,(H2,16,22,23)/t11-/m1/s1. The first-order valence-corrected chi connectivity index (χ1v) is 9.26. The Balaban J connectivity index is 1.89. The molecule has 0 radical (unpaired) electrons. The molecule has 0 aliphatic carbocycles. The van der Waals surface area contributed by atoms with Crippen LogP contribution in [0.1, 0.15) is 35.9 Å². The van der Waals surface area contributed by atoms with Crippen LogP contribution < -0.4 is 10.5 Å². The van der Waals surface area contributed by atoms with Gasteiger partial charge in [-0.1, -0.05) is 6.92 Å². The van der Waals surface area contributed by atoms with Crippen LogP contribution in [-0.2, 0) is 23.0 Å². The highest BCUT2D eigenvalue weighted by Crippen LogP contribution is 2.25. The third kappa shape index (κ3) is 3.31. The number of rotatable bonds is 5. The van der Waals surface area contributed by atoms with Crippen molar-refractivity contribution < 1.29 is 13.2 Å². The van der Waals surface area contributed by atoms with Crippen LogP contribution in [0.25, 0.3) is 0 Å². The minimum Gasteiger partial charge on any atom is -0.379 e. The van der Waals surface area contributed by atoms with Gasteiger partial charge in [-0.15, -0.1) is 0 Å². The van der Waals surface area contributed by atoms with Crippen LogP contribution in [0.3, 0.4) is 0 Å². The molecule has 0 saturated carbocycles. The molecule has 1 atom stereocenters. The fourth-order valence-electron chi connectivity index (χ4n) is 2.83. The van der Waals surface area contributed by atoms with E-state index in [0.29, 0.717) is 24.2 Å². The summed E-state index contributed by atoms with van der Waals surface area (Å²) in [5.74, 6) is 0.792. The van der Waals surface area contributed by atoms with Crippen molar-refractivity contribution in [3.05, 3.63) is 35.9 Å². The Morgan fingerprint density at radius 3 is 2.96 bits per heavy atom. The van der Waals surface area contributed by atoms with Crippen molar-refractivity contribution in [3.8, 4) is 0 Å². The maximum Gasteiger partial charge on any atom is 0.240 e. The average molecular weight is 349 g/mol. The predicted molar refractivity (Wildman–Crippen MR) is 88.2 cm³/mol. The highest BCUT2D eigenvalue weighted by atomic mass is 32.2. The number of sulfonamides is 1. The molecule has 0 saturated heterocycles. The lowest BCUT2D eigenvalue weighted by Crippen LogP contribution is -2.32. The Bertz CT molecular complexity index is 875. The van der Waals surface area contributed by atoms with Gasteiger partial charge in [-0.25, -0.2) is 23.2 Å². The third-order valence-corrected chi connectivity index (χ3v) is 5.05. The number of aryl methyl sites for hydroxylation is 1. The monoisotopic (exact) mass is 349 g/mol. The third-order valence-electron chi connectivity index (χ3n) is 4.10. The molecule has 3 N–H and O–H groups in total. The van der Waals surface area contributed by atoms with Crippen molar-refractivity contribution in [2.45, 2.75) is 43.7 Å². The quantitative estimate of drug-likeness (QED) is 0.775. The number of carbonyl (C=O) groups is 1. The number of carbonyl (C=O) groups excluding carboxylic acids is 1. The van der Waals surface area contributed by atoms with Crippen LogP contribution in [0, 0.1) is 0 Å². The van der Waals surface area contributed by atoms with E-state index in [0.717, 1.165) is 18.7 Å². The number of nitrogens with one attached hydrogen (secondary N) is 1. The first-order valence-electron chi connectivity index (χ1n) is 7.71. The molecule has 0 bridgehead atoms. The highest BCUT2D eigenvalue weighted by Gasteiger charge is 2.23. The van der Waals surface area contributed by atoms with Crippen molar-refractivity contribution in [3.63, 3.8) is 0 Å². The van der Waals surface area contributed by atoms with Gasteiger partial charge in [-0.05, 0) is 24.6 Å². The number of benzene rings is 1. The number of fused-ring (bicyclic) bond motifs is 1. The van der Waals surface area contributed by atoms with Gasteiger partial charge >= 0.3 is 0 Å². The first kappa shape index (κ1) is 16.6. The molecule has 2 aromatic rings. The van der Waals surface area contributed by atoms with E-state index >= 15 is 0 Å². The SMILES string of the molecule is CCC(=O)c1ccc(N[C@@H]2CCc3ncnn3C2)c(S(N)(=O)=O)c1. The second kappa shape index (κ2) is 6.33. The summed E-state index contributed by atoms with van der Waals surface area (Å²) >= 11 is 0. The number of ketones is 1. The number of Topliss-reactive ketones (excluding diaryl/α,β-unsaturated/α-hetero) is 1. The number of nitrogens with two attached hydrogens (primary N) is 1. The van der Waals surface area contributed by atoms with E-state index in [1.165, 1.54) is 12.4 Å². The van der Waals surface area contributed by atoms with Crippen molar-refractivity contribution in [2.24, 2.45) is 5.14 Å². The van der Waals surface area contributed by atoms with Crippen molar-refractivity contribution >= 4 is 21.5 Å². The lowest BCUT2D eigenvalue weighted by Gasteiger charge is -2.25. The molecule has 3 rings (SSSR count). The second-order valence-corrected chi connectivity index (χ2v) is 7.30. The summed E-state index contributed by atoms with van der Waals surface area (Å²) in [6, 6.07) is 4.56. The van der Waals surface area contributed by atoms with E-state index < -0.39 is 10.0 Å². The summed E-state index contributed by atoms with van der Waals surface area (Å²) in [6.45, 7) is 2.32. The van der Waals surface area contributed by atoms with E-state index in [1.807, 2.05) is 0 Å². The van der Waals surface area contributed by atoms with Crippen LogP contribution in [0.5, 0.6) is 0 Å². The molecule has 1 aromatic carbocycles. The van der Waals surface area contributed by atoms with Gasteiger partial charge in [-0.2, -0.15) is 5.10 Å². The molecule has 0 unspecified atom stereocenters. The van der Waals surface area contributed by atoms with Crippen LogP contribution in [0.4, 0.5) is 5.69 Å². The molecule has 9 heteroatoms. The summed E-state index contributed by atoms with van der Waals surface area (Å²) in [7, 11) is -3.95. The maximum atomic E-state index is 11.9. The van der Waals surface area contributed by atoms with Gasteiger partial charge in [0.1, 0.15) is 17.0 Å². The number of hydrogen-bond donors (Lipinski definition) is 2. The minimum absolute atomic E-state index is 0.00688. The summed E-state index contributed by atoms with van der Waals surface area (Å²) in [4.78, 5) is 15.9. The summed E-state index contributed by atoms with van der Waals surface area (Å²) in [5, 5.41) is 12.7. The van der Waals surface area contributed by atoms with E-state index in [-0.39, 0.29) is 16.7 Å². The Hall–Kier alpha value is -2.26. The largest absolute Gasteiger partial charge is 0.379 e. The van der Waals surface area contributed by atoms with Gasteiger partial charge in [0, 0.05) is 24.4 Å². The normalized spacial score (nSPS) is 17.3. The maximum absolute atomic E-state index is 11.9. The molecular weight excluding hydrogens is 330 g/mol. The first-order chi connectivity index (χ1) is 11.4. The molecule has 8 nitrogen and oxygen atoms in total. The molecule has 1 aromatic heterocycles. The fourth-order valence-corrected chi connectivity index (χ4v) is 3.55. The molecule has 0 amide bonds. The molecular formula is C15H19N5O3S. The molecule has 2 heterocycles. The van der Waals surface area contributed by atoms with Gasteiger partial charge in [0.05, 0.1) is 12.2 Å². The van der Waals surface area contributed by atoms with Crippen molar-refractivity contribution in [1.82, 2.24) is 14.8 Å². The van der Waals surface area contributed by atoms with Gasteiger partial charge < -0.3 is 5.32 Å². The lowest BCUT2D eigenvalue weighted by atomic mass is 10.1. The Morgan fingerprint density at radius 2 is 2.25 bits per heavy atom. The summed E-state index contributed by atoms with van der Waals surface area (Å²) in [5.41, 5.74) is 0.744. The van der Waals surface area contributed by atoms with Crippen molar-refractivity contribution in [2.75, 3.05) is 5.32 Å². The van der Waals surface area contributed by atoms with Gasteiger partial charge in [0.15, 0.2) is 5.78 Å². The molecule has 0 fully saturated rings. The minimum atomic E-state index is -3.95. The zero-order valence-electron chi connectivity index (χ0n) is 13.3. The van der Waals surface area contributed by atoms with Gasteiger partial charge in [-0.3, -0.25) is 4.79 Å². The van der Waals surface area contributed by atoms with Crippen LogP contribution >= 0.6 is 0 Å². The van der Waals surface area contributed by atoms with Gasteiger partial charge in [0.2, 0.25) is 10.0 Å². The smallest absolute Gasteiger partial charge is 0.240 e. The Labute approximate surface area is 140 Å². The number of anilines is 1. The Kier molecular flexibility index (Phi) is 4.37. The summed E-state index contributed by atoms with van der Waals surface area (Å²) in [6.07, 6.45) is 3.38. The zero-order valence-corrected chi connectivity index (χ0v) is 14.1. The number of primary sulfonamides is 1. The van der Waals surface area contributed by atoms with E-state index in [2.05, 4.69) is 15.4 Å². The van der Waals surface area contributed by atoms with Crippen LogP contribution in [-0.4, -0.2) is 35.0 Å². The lowest BCUT2D eigenvalue weighted by molar-refractivity contribution is 0.0988. The average Bonchev–Trinajstić information content (AvgIpc) is 3.01. The van der Waals surface area contributed by atoms with Crippen LogP contribution in [0.15, 0.2) is 29.4 Å². The molecule has 1 aliphatic rings. The molecule has 24 heavy (non-hydrogen) atoms. The topological polar surface area (TPSA) is 120 Å². The van der Waals surface area contributed by atoms with Gasteiger partial charge in [0.25, 0.3) is 0 Å². The zero-order chi connectivity index (χ0) is 17.3. The summed E-state index contributed by atoms with van der Waals surface area (Å²) < 4.78 is 25.6. The van der Waals surface area contributed by atoms with Crippen molar-refractivity contribution in [1.29, 1.82) is 0 Å². The van der Waals surface area contributed by atoms with E-state index in [9.17, 15) is 13.2 Å². The molecule has 128 valence electrons. The van der Waals surface area contributed by atoms with Crippen LogP contribution in [0.2, 0.25) is 0 Å². The number of nitrogens with zero attached hydrogens (tertiary/aromatic N) is 3. The fraction of sp³-hybridized carbons (Fsp3) is 0.400. The second-order valence-electron chi connectivity index (χ2n) is 5.77. The number of hydrogen-bond acceptors (Lipinski definition) is 6. The highest BCUT2D eigenvalue weighted by molar-refractivity contribution is 7.89. The van der Waals surface area contributed by atoms with E-state index in [4.69, 9.17) is 5.14 Å². The number of aromatic nitrogens is 3. The Morgan fingerprint density at radius 1 is 1.46 bits per heavy atom. The molecule has 0 spiro atoms.